The van der Waals surface area contributed by atoms with Gasteiger partial charge >= 0.3 is 0 Å². The van der Waals surface area contributed by atoms with Crippen LogP contribution in [0.1, 0.15) is 5.56 Å². The van der Waals surface area contributed by atoms with E-state index in [4.69, 9.17) is 11.6 Å². The van der Waals surface area contributed by atoms with Gasteiger partial charge in [0.15, 0.2) is 0 Å². The molecule has 0 spiro atoms. The molecule has 1 amide bonds. The molecular formula is C11H10ClNOS. The van der Waals surface area contributed by atoms with Crippen LogP contribution in [0.25, 0.3) is 10.1 Å². The standard InChI is InChI=1S/C11H10ClNOS/c1-7-4-9(13-10(14)6-12)5-8-2-3-15-11(7)8/h2-5H,6H2,1H3,(H,13,14). The van der Waals surface area contributed by atoms with Gasteiger partial charge in [-0.05, 0) is 41.5 Å². The van der Waals surface area contributed by atoms with E-state index >= 15 is 0 Å². The van der Waals surface area contributed by atoms with Gasteiger partial charge in [0.1, 0.15) is 5.88 Å². The number of rotatable bonds is 2. The second-order valence-electron chi connectivity index (χ2n) is 3.31. The van der Waals surface area contributed by atoms with Gasteiger partial charge in [-0.25, -0.2) is 0 Å². The quantitative estimate of drug-likeness (QED) is 0.800. The van der Waals surface area contributed by atoms with Crippen molar-refractivity contribution in [1.82, 2.24) is 0 Å². The summed E-state index contributed by atoms with van der Waals surface area (Å²) in [6.45, 7) is 2.04. The van der Waals surface area contributed by atoms with Crippen LogP contribution in [0.4, 0.5) is 5.69 Å². The summed E-state index contributed by atoms with van der Waals surface area (Å²) in [5, 5.41) is 5.95. The van der Waals surface area contributed by atoms with Gasteiger partial charge in [0.05, 0.1) is 0 Å². The molecule has 0 radical (unpaired) electrons. The highest BCUT2D eigenvalue weighted by molar-refractivity contribution is 7.17. The molecule has 0 saturated heterocycles. The van der Waals surface area contributed by atoms with Crippen LogP contribution in [0.15, 0.2) is 23.6 Å². The predicted molar refractivity (Wildman–Crippen MR) is 65.9 cm³/mol. The summed E-state index contributed by atoms with van der Waals surface area (Å²) < 4.78 is 1.26. The molecule has 1 heterocycles. The molecule has 0 atom stereocenters. The number of amides is 1. The van der Waals surface area contributed by atoms with E-state index in [1.54, 1.807) is 11.3 Å². The van der Waals surface area contributed by atoms with E-state index in [1.807, 2.05) is 30.5 Å². The monoisotopic (exact) mass is 239 g/mol. The van der Waals surface area contributed by atoms with Gasteiger partial charge in [0.25, 0.3) is 0 Å². The molecule has 4 heteroatoms. The van der Waals surface area contributed by atoms with Gasteiger partial charge in [-0.2, -0.15) is 0 Å². The molecule has 0 aliphatic heterocycles. The van der Waals surface area contributed by atoms with Crippen molar-refractivity contribution < 1.29 is 4.79 Å². The van der Waals surface area contributed by atoms with Crippen LogP contribution in [0.5, 0.6) is 0 Å². The highest BCUT2D eigenvalue weighted by Gasteiger charge is 2.04. The Balaban J connectivity index is 2.40. The lowest BCUT2D eigenvalue weighted by atomic mass is 10.1. The fourth-order valence-corrected chi connectivity index (χ4v) is 2.45. The molecule has 1 N–H and O–H groups in total. The molecular weight excluding hydrogens is 230 g/mol. The average Bonchev–Trinajstić information content (AvgIpc) is 2.66. The summed E-state index contributed by atoms with van der Waals surface area (Å²) in [4.78, 5) is 11.1. The highest BCUT2D eigenvalue weighted by Crippen LogP contribution is 2.27. The highest BCUT2D eigenvalue weighted by atomic mass is 35.5. The Morgan fingerprint density at radius 3 is 3.07 bits per heavy atom. The second-order valence-corrected chi connectivity index (χ2v) is 4.50. The predicted octanol–water partition coefficient (Wildman–Crippen LogP) is 3.39. The van der Waals surface area contributed by atoms with E-state index in [1.165, 1.54) is 10.3 Å². The summed E-state index contributed by atoms with van der Waals surface area (Å²) in [6.07, 6.45) is 0. The molecule has 2 rings (SSSR count). The number of fused-ring (bicyclic) bond motifs is 1. The first kappa shape index (κ1) is 10.5. The molecule has 0 unspecified atom stereocenters. The van der Waals surface area contributed by atoms with E-state index in [0.29, 0.717) is 0 Å². The Labute approximate surface area is 96.9 Å². The Morgan fingerprint density at radius 2 is 2.33 bits per heavy atom. The van der Waals surface area contributed by atoms with E-state index < -0.39 is 0 Å². The SMILES string of the molecule is Cc1cc(NC(=O)CCl)cc2ccsc12. The van der Waals surface area contributed by atoms with Crippen molar-refractivity contribution in [1.29, 1.82) is 0 Å². The maximum absolute atomic E-state index is 11.1. The lowest BCUT2D eigenvalue weighted by molar-refractivity contribution is -0.113. The fourth-order valence-electron chi connectivity index (χ4n) is 1.53. The van der Waals surface area contributed by atoms with Gasteiger partial charge < -0.3 is 5.32 Å². The van der Waals surface area contributed by atoms with Crippen molar-refractivity contribution in [2.75, 3.05) is 11.2 Å². The summed E-state index contributed by atoms with van der Waals surface area (Å²) in [7, 11) is 0. The molecule has 1 aromatic carbocycles. The maximum atomic E-state index is 11.1. The molecule has 0 saturated carbocycles. The first-order valence-electron chi connectivity index (χ1n) is 4.54. The van der Waals surface area contributed by atoms with Crippen LogP contribution in [-0.2, 0) is 4.79 Å². The van der Waals surface area contributed by atoms with Gasteiger partial charge in [0, 0.05) is 10.4 Å². The molecule has 0 aliphatic rings. The average molecular weight is 240 g/mol. The Hall–Kier alpha value is -1.06. The van der Waals surface area contributed by atoms with E-state index in [-0.39, 0.29) is 11.8 Å². The number of alkyl halides is 1. The van der Waals surface area contributed by atoms with Crippen molar-refractivity contribution >= 4 is 44.6 Å². The number of benzene rings is 1. The smallest absolute Gasteiger partial charge is 0.239 e. The Kier molecular flexibility index (Phi) is 2.93. The largest absolute Gasteiger partial charge is 0.325 e. The number of hydrogen-bond donors (Lipinski definition) is 1. The van der Waals surface area contributed by atoms with Crippen molar-refractivity contribution in [2.24, 2.45) is 0 Å². The normalized spacial score (nSPS) is 10.5. The van der Waals surface area contributed by atoms with Gasteiger partial charge in [0.2, 0.25) is 5.91 Å². The van der Waals surface area contributed by atoms with E-state index in [0.717, 1.165) is 11.1 Å². The number of anilines is 1. The molecule has 15 heavy (non-hydrogen) atoms. The number of carbonyl (C=O) groups is 1. The number of carbonyl (C=O) groups excluding carboxylic acids is 1. The fraction of sp³-hybridized carbons (Fsp3) is 0.182. The number of hydrogen-bond acceptors (Lipinski definition) is 2. The number of nitrogens with one attached hydrogen (secondary N) is 1. The van der Waals surface area contributed by atoms with Gasteiger partial charge in [-0.3, -0.25) is 4.79 Å². The van der Waals surface area contributed by atoms with Crippen molar-refractivity contribution in [3.8, 4) is 0 Å². The summed E-state index contributed by atoms with van der Waals surface area (Å²) in [6, 6.07) is 5.97. The Morgan fingerprint density at radius 1 is 1.53 bits per heavy atom. The topological polar surface area (TPSA) is 29.1 Å². The van der Waals surface area contributed by atoms with Gasteiger partial charge in [-0.15, -0.1) is 22.9 Å². The summed E-state index contributed by atoms with van der Waals surface area (Å²) in [5.74, 6) is -0.189. The third kappa shape index (κ3) is 2.13. The third-order valence-electron chi connectivity index (χ3n) is 2.14. The number of aryl methyl sites for hydroxylation is 1. The zero-order valence-corrected chi connectivity index (χ0v) is 9.78. The zero-order valence-electron chi connectivity index (χ0n) is 8.21. The minimum Gasteiger partial charge on any atom is -0.325 e. The maximum Gasteiger partial charge on any atom is 0.239 e. The third-order valence-corrected chi connectivity index (χ3v) is 3.45. The van der Waals surface area contributed by atoms with Crippen LogP contribution in [0, 0.1) is 6.92 Å². The Bertz CT molecular complexity index is 506. The lowest BCUT2D eigenvalue weighted by Gasteiger charge is -2.05. The lowest BCUT2D eigenvalue weighted by Crippen LogP contribution is -2.12. The second kappa shape index (κ2) is 4.21. The van der Waals surface area contributed by atoms with Crippen LogP contribution in [0.3, 0.4) is 0 Å². The van der Waals surface area contributed by atoms with Crippen LogP contribution in [-0.4, -0.2) is 11.8 Å². The summed E-state index contributed by atoms with van der Waals surface area (Å²) >= 11 is 7.14. The number of thiophene rings is 1. The van der Waals surface area contributed by atoms with E-state index in [2.05, 4.69) is 5.32 Å². The molecule has 2 aromatic rings. The van der Waals surface area contributed by atoms with Crippen molar-refractivity contribution in [3.05, 3.63) is 29.1 Å². The zero-order chi connectivity index (χ0) is 10.8. The molecule has 78 valence electrons. The van der Waals surface area contributed by atoms with Crippen molar-refractivity contribution in [3.63, 3.8) is 0 Å². The molecule has 0 fully saturated rings. The van der Waals surface area contributed by atoms with Crippen LogP contribution >= 0.6 is 22.9 Å². The number of halogens is 1. The van der Waals surface area contributed by atoms with E-state index in [9.17, 15) is 4.79 Å². The first-order chi connectivity index (χ1) is 7.20. The molecule has 0 bridgehead atoms. The molecule has 1 aromatic heterocycles. The van der Waals surface area contributed by atoms with Crippen LogP contribution < -0.4 is 5.32 Å². The van der Waals surface area contributed by atoms with Gasteiger partial charge in [-0.1, -0.05) is 0 Å². The van der Waals surface area contributed by atoms with Crippen LogP contribution in [0.2, 0.25) is 0 Å². The molecule has 0 aliphatic carbocycles. The minimum atomic E-state index is -0.175. The minimum absolute atomic E-state index is 0.0132. The summed E-state index contributed by atoms with van der Waals surface area (Å²) in [5.41, 5.74) is 1.98. The van der Waals surface area contributed by atoms with Crippen molar-refractivity contribution in [2.45, 2.75) is 6.92 Å². The molecule has 2 nitrogen and oxygen atoms in total. The first-order valence-corrected chi connectivity index (χ1v) is 5.96.